The van der Waals surface area contributed by atoms with Crippen LogP contribution in [0.1, 0.15) is 0 Å². The zero-order chi connectivity index (χ0) is 21.2. The van der Waals surface area contributed by atoms with E-state index in [2.05, 4.69) is 10.6 Å². The van der Waals surface area contributed by atoms with Crippen LogP contribution in [0.15, 0.2) is 35.2 Å². The zero-order valence-electron chi connectivity index (χ0n) is 14.9. The summed E-state index contributed by atoms with van der Waals surface area (Å²) in [5.74, 6) is -1.98. The molecule has 0 atom stereocenters. The van der Waals surface area contributed by atoms with E-state index >= 15 is 0 Å². The van der Waals surface area contributed by atoms with Crippen LogP contribution in [0, 0.1) is 0 Å². The molecule has 2 amide bonds. The fourth-order valence-corrected chi connectivity index (χ4v) is 4.26. The second kappa shape index (κ2) is 8.33. The van der Waals surface area contributed by atoms with Crippen molar-refractivity contribution in [2.75, 3.05) is 36.9 Å². The predicted molar refractivity (Wildman–Crippen MR) is 105 cm³/mol. The minimum absolute atomic E-state index is 0.0106. The van der Waals surface area contributed by atoms with Crippen molar-refractivity contribution in [1.82, 2.24) is 4.31 Å². The summed E-state index contributed by atoms with van der Waals surface area (Å²) in [6.07, 6.45) is 0. The Hall–Kier alpha value is -2.73. The number of phenols is 3. The Morgan fingerprint density at radius 3 is 2.28 bits per heavy atom. The molecule has 1 heterocycles. The molecule has 1 aliphatic rings. The van der Waals surface area contributed by atoms with E-state index in [0.717, 1.165) is 12.1 Å². The number of carbonyl (C=O) groups excluding carboxylic acids is 1. The molecule has 2 aromatic rings. The van der Waals surface area contributed by atoms with Gasteiger partial charge in [-0.1, -0.05) is 11.6 Å². The number of nitrogens with one attached hydrogen (secondary N) is 2. The molecule has 1 fully saturated rings. The highest BCUT2D eigenvalue weighted by Crippen LogP contribution is 2.37. The van der Waals surface area contributed by atoms with Gasteiger partial charge in [-0.2, -0.15) is 4.31 Å². The number of nitrogens with zero attached hydrogens (tertiary/aromatic N) is 1. The Labute approximate surface area is 171 Å². The van der Waals surface area contributed by atoms with Crippen molar-refractivity contribution in [3.05, 3.63) is 35.4 Å². The van der Waals surface area contributed by atoms with E-state index in [4.69, 9.17) is 16.3 Å². The first-order valence-corrected chi connectivity index (χ1v) is 10.2. The number of ether oxygens (including phenoxy) is 1. The van der Waals surface area contributed by atoms with Crippen molar-refractivity contribution in [1.29, 1.82) is 0 Å². The van der Waals surface area contributed by atoms with Crippen LogP contribution in [0.25, 0.3) is 0 Å². The number of morpholine rings is 1. The number of phenolic OH excluding ortho intramolecular Hbond substituents is 3. The minimum Gasteiger partial charge on any atom is -0.504 e. The lowest BCUT2D eigenvalue weighted by molar-refractivity contribution is 0.0730. The molecule has 0 radical (unpaired) electrons. The molecule has 2 aromatic carbocycles. The Kier molecular flexibility index (Phi) is 6.03. The van der Waals surface area contributed by atoms with E-state index in [0.29, 0.717) is 13.2 Å². The number of aromatic hydroxyl groups is 3. The van der Waals surface area contributed by atoms with Crippen molar-refractivity contribution < 1.29 is 33.3 Å². The summed E-state index contributed by atoms with van der Waals surface area (Å²) in [7, 11) is -3.78. The Morgan fingerprint density at radius 1 is 1.03 bits per heavy atom. The lowest BCUT2D eigenvalue weighted by Gasteiger charge is -2.26. The summed E-state index contributed by atoms with van der Waals surface area (Å²) in [4.78, 5) is 12.2. The number of hydrogen-bond acceptors (Lipinski definition) is 7. The summed E-state index contributed by atoms with van der Waals surface area (Å²) in [6, 6.07) is 5.16. The number of halogens is 1. The number of hydrogen-bond donors (Lipinski definition) is 5. The largest absolute Gasteiger partial charge is 0.504 e. The number of sulfonamides is 1. The smallest absolute Gasteiger partial charge is 0.323 e. The highest BCUT2D eigenvalue weighted by Gasteiger charge is 2.27. The van der Waals surface area contributed by atoms with E-state index in [1.165, 1.54) is 22.5 Å². The van der Waals surface area contributed by atoms with E-state index in [1.54, 1.807) is 0 Å². The van der Waals surface area contributed by atoms with Gasteiger partial charge in [-0.3, -0.25) is 0 Å². The second-order valence-electron chi connectivity index (χ2n) is 6.10. The second-order valence-corrected chi connectivity index (χ2v) is 8.45. The molecule has 0 bridgehead atoms. The van der Waals surface area contributed by atoms with Gasteiger partial charge in [0.2, 0.25) is 10.0 Å². The van der Waals surface area contributed by atoms with Crippen molar-refractivity contribution >= 4 is 39.0 Å². The molecular weight excluding hydrogens is 426 g/mol. The molecular formula is C17H18ClN3O7S. The first kappa shape index (κ1) is 21.0. The standard InChI is InChI=1S/C17H18ClN3O7S/c18-12-2-1-11(29(26,27)21-3-5-28-6-4-21)9-13(12)20-17(25)19-10-7-14(22)16(24)15(23)8-10/h1-2,7-9,22-24H,3-6H2,(H2,19,20,25). The molecule has 0 spiro atoms. The third-order valence-corrected chi connectivity index (χ3v) is 6.35. The van der Waals surface area contributed by atoms with E-state index in [-0.39, 0.29) is 34.4 Å². The van der Waals surface area contributed by atoms with Crippen LogP contribution in [-0.4, -0.2) is 60.4 Å². The average Bonchev–Trinajstić information content (AvgIpc) is 2.68. The maximum atomic E-state index is 12.8. The average molecular weight is 444 g/mol. The molecule has 3 rings (SSSR count). The Morgan fingerprint density at radius 2 is 1.66 bits per heavy atom. The maximum Gasteiger partial charge on any atom is 0.323 e. The summed E-state index contributed by atoms with van der Waals surface area (Å²) < 4.78 is 32.0. The highest BCUT2D eigenvalue weighted by atomic mass is 35.5. The van der Waals surface area contributed by atoms with Gasteiger partial charge in [0.05, 0.1) is 34.5 Å². The number of carbonyl (C=O) groups is 1. The fourth-order valence-electron chi connectivity index (χ4n) is 2.66. The van der Waals surface area contributed by atoms with Gasteiger partial charge in [-0.25, -0.2) is 13.2 Å². The first-order chi connectivity index (χ1) is 13.7. The van der Waals surface area contributed by atoms with Crippen molar-refractivity contribution in [2.24, 2.45) is 0 Å². The van der Waals surface area contributed by atoms with Gasteiger partial charge < -0.3 is 30.7 Å². The van der Waals surface area contributed by atoms with Crippen molar-refractivity contribution in [3.63, 3.8) is 0 Å². The van der Waals surface area contributed by atoms with E-state index < -0.39 is 33.3 Å². The van der Waals surface area contributed by atoms with Crippen LogP contribution in [0.5, 0.6) is 17.2 Å². The zero-order valence-corrected chi connectivity index (χ0v) is 16.5. The monoisotopic (exact) mass is 443 g/mol. The third kappa shape index (κ3) is 4.65. The molecule has 29 heavy (non-hydrogen) atoms. The molecule has 156 valence electrons. The van der Waals surface area contributed by atoms with Crippen molar-refractivity contribution in [3.8, 4) is 17.2 Å². The summed E-state index contributed by atoms with van der Waals surface area (Å²) in [5, 5.41) is 33.2. The third-order valence-electron chi connectivity index (χ3n) is 4.12. The van der Waals surface area contributed by atoms with Gasteiger partial charge in [0.15, 0.2) is 17.2 Å². The quantitative estimate of drug-likeness (QED) is 0.359. The number of anilines is 2. The van der Waals surface area contributed by atoms with Gasteiger partial charge in [-0.15, -0.1) is 0 Å². The Bertz CT molecular complexity index is 1020. The highest BCUT2D eigenvalue weighted by molar-refractivity contribution is 7.89. The Balaban J connectivity index is 1.79. The minimum atomic E-state index is -3.78. The van der Waals surface area contributed by atoms with Crippen LogP contribution in [0.2, 0.25) is 5.02 Å². The number of rotatable bonds is 4. The molecule has 0 aliphatic carbocycles. The van der Waals surface area contributed by atoms with Gasteiger partial charge in [0.1, 0.15) is 0 Å². The van der Waals surface area contributed by atoms with Crippen LogP contribution in [0.3, 0.4) is 0 Å². The van der Waals surface area contributed by atoms with E-state index in [9.17, 15) is 28.5 Å². The predicted octanol–water partition coefficient (Wildman–Crippen LogP) is 2.12. The van der Waals surface area contributed by atoms with Gasteiger partial charge in [0, 0.05) is 25.2 Å². The molecule has 0 saturated carbocycles. The number of benzene rings is 2. The number of amides is 2. The summed E-state index contributed by atoms with van der Waals surface area (Å²) in [6.45, 7) is 1.05. The fraction of sp³-hybridized carbons (Fsp3) is 0.235. The maximum absolute atomic E-state index is 12.8. The topological polar surface area (TPSA) is 148 Å². The first-order valence-electron chi connectivity index (χ1n) is 8.39. The molecule has 0 aromatic heterocycles. The van der Waals surface area contributed by atoms with Crippen LogP contribution in [-0.2, 0) is 14.8 Å². The van der Waals surface area contributed by atoms with Crippen LogP contribution >= 0.6 is 11.6 Å². The lowest BCUT2D eigenvalue weighted by Crippen LogP contribution is -2.40. The lowest BCUT2D eigenvalue weighted by atomic mass is 10.2. The molecule has 1 saturated heterocycles. The van der Waals surface area contributed by atoms with Gasteiger partial charge in [-0.05, 0) is 18.2 Å². The summed E-state index contributed by atoms with van der Waals surface area (Å²) >= 11 is 6.07. The summed E-state index contributed by atoms with van der Waals surface area (Å²) in [5.41, 5.74) is 0.0363. The molecule has 10 nitrogen and oxygen atoms in total. The molecule has 1 aliphatic heterocycles. The molecule has 5 N–H and O–H groups in total. The van der Waals surface area contributed by atoms with E-state index in [1.807, 2.05) is 0 Å². The van der Waals surface area contributed by atoms with Gasteiger partial charge >= 0.3 is 6.03 Å². The molecule has 12 heteroatoms. The normalized spacial score (nSPS) is 15.1. The van der Waals surface area contributed by atoms with Crippen LogP contribution in [0.4, 0.5) is 16.2 Å². The van der Waals surface area contributed by atoms with Crippen LogP contribution < -0.4 is 10.6 Å². The number of urea groups is 1. The van der Waals surface area contributed by atoms with Crippen molar-refractivity contribution in [2.45, 2.75) is 4.90 Å². The molecule has 0 unspecified atom stereocenters. The SMILES string of the molecule is O=C(Nc1cc(O)c(O)c(O)c1)Nc1cc(S(=O)(=O)N2CCOCC2)ccc1Cl. The van der Waals surface area contributed by atoms with Gasteiger partial charge in [0.25, 0.3) is 0 Å².